The molecule has 0 saturated carbocycles. The Labute approximate surface area is 209 Å². The molecule has 3 aromatic carbocycles. The van der Waals surface area contributed by atoms with Gasteiger partial charge < -0.3 is 13.9 Å². The van der Waals surface area contributed by atoms with Crippen molar-refractivity contribution >= 4 is 11.0 Å². The van der Waals surface area contributed by atoms with Gasteiger partial charge in [0.05, 0.1) is 17.3 Å². The molecule has 0 unspecified atom stereocenters. The predicted octanol–water partition coefficient (Wildman–Crippen LogP) is 6.92. The van der Waals surface area contributed by atoms with Gasteiger partial charge in [0.2, 0.25) is 11.2 Å². The van der Waals surface area contributed by atoms with Gasteiger partial charge in [0.1, 0.15) is 29.4 Å². The minimum Gasteiger partial charge on any atom is -0.488 e. The lowest BCUT2D eigenvalue weighted by Gasteiger charge is -2.13. The largest absolute Gasteiger partial charge is 0.488 e. The van der Waals surface area contributed by atoms with Gasteiger partial charge in [-0.05, 0) is 62.2 Å². The molecule has 0 atom stereocenters. The maximum absolute atomic E-state index is 13.3. The Kier molecular flexibility index (Phi) is 6.58. The van der Waals surface area contributed by atoms with Crippen LogP contribution in [0.5, 0.6) is 17.2 Å². The fraction of sp³-hybridized carbons (Fsp3) is 0.200. The van der Waals surface area contributed by atoms with Crippen LogP contribution in [0.4, 0.5) is 0 Å². The molecule has 5 aromatic rings. The van der Waals surface area contributed by atoms with Crippen molar-refractivity contribution in [2.24, 2.45) is 0 Å². The molecular formula is C30H28N2O4. The zero-order chi connectivity index (χ0) is 25.1. The van der Waals surface area contributed by atoms with Gasteiger partial charge in [-0.1, -0.05) is 43.7 Å². The highest BCUT2D eigenvalue weighted by Gasteiger charge is 2.17. The number of aryl methyl sites for hydroxylation is 3. The lowest BCUT2D eigenvalue weighted by Crippen LogP contribution is -2.08. The van der Waals surface area contributed by atoms with E-state index in [4.69, 9.17) is 13.9 Å². The average Bonchev–Trinajstić information content (AvgIpc) is 3.37. The van der Waals surface area contributed by atoms with Gasteiger partial charge in [0.25, 0.3) is 0 Å². The number of ether oxygens (including phenoxy) is 2. The molecule has 6 nitrogen and oxygen atoms in total. The number of hydrogen-bond donors (Lipinski definition) is 0. The fourth-order valence-corrected chi connectivity index (χ4v) is 4.19. The number of nitrogens with zero attached hydrogens (tertiary/aromatic N) is 2. The Bertz CT molecular complexity index is 1550. The first-order chi connectivity index (χ1) is 17.5. The smallest absolute Gasteiger partial charge is 0.235 e. The molecule has 0 N–H and O–H groups in total. The van der Waals surface area contributed by atoms with E-state index >= 15 is 0 Å². The number of hydrogen-bond acceptors (Lipinski definition) is 5. The van der Waals surface area contributed by atoms with Crippen LogP contribution in [-0.4, -0.2) is 9.78 Å². The van der Waals surface area contributed by atoms with E-state index in [9.17, 15) is 4.79 Å². The van der Waals surface area contributed by atoms with Gasteiger partial charge in [-0.3, -0.25) is 4.79 Å². The molecular weight excluding hydrogens is 452 g/mol. The summed E-state index contributed by atoms with van der Waals surface area (Å²) in [6.07, 6.45) is 5.81. The van der Waals surface area contributed by atoms with E-state index in [0.29, 0.717) is 34.8 Å². The van der Waals surface area contributed by atoms with Gasteiger partial charge in [-0.2, -0.15) is 5.10 Å². The van der Waals surface area contributed by atoms with Crippen molar-refractivity contribution < 1.29 is 13.9 Å². The van der Waals surface area contributed by atoms with Crippen LogP contribution in [0.2, 0.25) is 0 Å². The third-order valence-electron chi connectivity index (χ3n) is 6.12. The summed E-state index contributed by atoms with van der Waals surface area (Å²) >= 11 is 0. The first-order valence-electron chi connectivity index (χ1n) is 12.1. The van der Waals surface area contributed by atoms with Crippen LogP contribution >= 0.6 is 0 Å². The molecule has 0 radical (unpaired) electrons. The van der Waals surface area contributed by atoms with Crippen molar-refractivity contribution in [2.75, 3.05) is 0 Å². The van der Waals surface area contributed by atoms with Crippen LogP contribution in [0, 0.1) is 13.8 Å². The number of rotatable bonds is 8. The molecule has 0 aliphatic carbocycles. The highest BCUT2D eigenvalue weighted by Crippen LogP contribution is 2.31. The first-order valence-corrected chi connectivity index (χ1v) is 12.1. The van der Waals surface area contributed by atoms with E-state index in [-0.39, 0.29) is 11.2 Å². The quantitative estimate of drug-likeness (QED) is 0.241. The van der Waals surface area contributed by atoms with Crippen LogP contribution in [0.25, 0.3) is 16.7 Å². The Balaban J connectivity index is 1.37. The lowest BCUT2D eigenvalue weighted by molar-refractivity contribution is 0.304. The van der Waals surface area contributed by atoms with E-state index in [0.717, 1.165) is 29.7 Å². The van der Waals surface area contributed by atoms with E-state index in [1.807, 2.05) is 72.4 Å². The van der Waals surface area contributed by atoms with Gasteiger partial charge in [-0.15, -0.1) is 0 Å². The Hall–Kier alpha value is -4.32. The molecule has 36 heavy (non-hydrogen) atoms. The molecule has 5 rings (SSSR count). The van der Waals surface area contributed by atoms with Crippen molar-refractivity contribution in [1.29, 1.82) is 0 Å². The van der Waals surface area contributed by atoms with Crippen LogP contribution in [0.15, 0.2) is 88.3 Å². The van der Waals surface area contributed by atoms with Crippen molar-refractivity contribution in [3.63, 3.8) is 0 Å². The molecule has 0 amide bonds. The fourth-order valence-electron chi connectivity index (χ4n) is 4.19. The molecule has 2 aromatic heterocycles. The second-order valence-electron chi connectivity index (χ2n) is 8.80. The zero-order valence-corrected chi connectivity index (χ0v) is 20.7. The van der Waals surface area contributed by atoms with Crippen LogP contribution in [0.1, 0.15) is 35.8 Å². The summed E-state index contributed by atoms with van der Waals surface area (Å²) < 4.78 is 19.9. The summed E-state index contributed by atoms with van der Waals surface area (Å²) in [5.41, 5.74) is 4.22. The van der Waals surface area contributed by atoms with E-state index in [1.54, 1.807) is 25.3 Å². The van der Waals surface area contributed by atoms with Crippen molar-refractivity contribution in [2.45, 2.75) is 40.2 Å². The third-order valence-corrected chi connectivity index (χ3v) is 6.12. The molecule has 0 fully saturated rings. The molecule has 2 heterocycles. The van der Waals surface area contributed by atoms with E-state index < -0.39 is 0 Å². The number of aromatic nitrogens is 2. The summed E-state index contributed by atoms with van der Waals surface area (Å²) in [6, 6.07) is 21.3. The Morgan fingerprint density at radius 2 is 1.72 bits per heavy atom. The minimum atomic E-state index is -0.204. The molecule has 0 aliphatic heterocycles. The average molecular weight is 481 g/mol. The highest BCUT2D eigenvalue weighted by molar-refractivity contribution is 5.83. The van der Waals surface area contributed by atoms with Gasteiger partial charge in [0.15, 0.2) is 0 Å². The number of fused-ring (bicyclic) bond motifs is 1. The maximum Gasteiger partial charge on any atom is 0.235 e. The minimum absolute atomic E-state index is 0.201. The number of benzene rings is 3. The first kappa shape index (κ1) is 23.4. The third kappa shape index (κ3) is 4.75. The summed E-state index contributed by atoms with van der Waals surface area (Å²) in [5.74, 6) is 1.89. The van der Waals surface area contributed by atoms with Crippen molar-refractivity contribution in [1.82, 2.24) is 9.78 Å². The van der Waals surface area contributed by atoms with Crippen LogP contribution in [0.3, 0.4) is 0 Å². The molecule has 0 saturated heterocycles. The van der Waals surface area contributed by atoms with Crippen molar-refractivity contribution in [3.05, 3.63) is 112 Å². The van der Waals surface area contributed by atoms with Crippen LogP contribution in [-0.2, 0) is 13.0 Å². The van der Waals surface area contributed by atoms with Gasteiger partial charge in [0, 0.05) is 17.3 Å². The summed E-state index contributed by atoms with van der Waals surface area (Å²) in [4.78, 5) is 13.3. The van der Waals surface area contributed by atoms with Crippen molar-refractivity contribution in [3.8, 4) is 22.9 Å². The molecule has 0 aliphatic rings. The van der Waals surface area contributed by atoms with E-state index in [1.165, 1.54) is 5.56 Å². The summed E-state index contributed by atoms with van der Waals surface area (Å²) in [7, 11) is 0. The molecule has 0 bridgehead atoms. The highest BCUT2D eigenvalue weighted by atomic mass is 16.5. The molecule has 6 heteroatoms. The second kappa shape index (κ2) is 10.1. The maximum atomic E-state index is 13.3. The Morgan fingerprint density at radius 1 is 0.944 bits per heavy atom. The summed E-state index contributed by atoms with van der Waals surface area (Å²) in [6.45, 7) is 6.12. The lowest BCUT2D eigenvalue weighted by atomic mass is 10.1. The molecule has 0 spiro atoms. The van der Waals surface area contributed by atoms with E-state index in [2.05, 4.69) is 12.0 Å². The summed E-state index contributed by atoms with van der Waals surface area (Å²) in [5, 5.41) is 4.87. The second-order valence-corrected chi connectivity index (χ2v) is 8.80. The zero-order valence-electron chi connectivity index (χ0n) is 20.7. The SMILES string of the molecule is CCCc1ccc(Oc2c(C)oc3c(C)c(OCc4cnn(-c5ccccc5)c4)ccc3c2=O)cc1. The topological polar surface area (TPSA) is 66.5 Å². The normalized spacial score (nSPS) is 11.1. The molecule has 182 valence electrons. The van der Waals surface area contributed by atoms with Gasteiger partial charge in [-0.25, -0.2) is 4.68 Å². The number of para-hydroxylation sites is 1. The van der Waals surface area contributed by atoms with Gasteiger partial charge >= 0.3 is 0 Å². The standard InChI is InChI=1S/C30H28N2O4/c1-4-8-22-11-13-25(14-12-22)36-30-21(3)35-29-20(2)27(16-15-26(29)28(30)33)34-19-23-17-31-32(18-23)24-9-6-5-7-10-24/h5-7,9-18H,4,8,19H2,1-3H3. The Morgan fingerprint density at radius 3 is 2.47 bits per heavy atom. The monoisotopic (exact) mass is 480 g/mol. The van der Waals surface area contributed by atoms with Crippen LogP contribution < -0.4 is 14.9 Å². The predicted molar refractivity (Wildman–Crippen MR) is 140 cm³/mol.